The minimum atomic E-state index is 0.830. The molecule has 1 atom stereocenters. The zero-order valence-electron chi connectivity index (χ0n) is 10.7. The SMILES string of the molecule is C#CCCC(C)CCCCCCCCC. The molecule has 88 valence electrons. The van der Waals surface area contributed by atoms with Crippen molar-refractivity contribution in [1.82, 2.24) is 0 Å². The van der Waals surface area contributed by atoms with E-state index in [0.29, 0.717) is 0 Å². The molecular formula is C15H28. The van der Waals surface area contributed by atoms with Crippen LogP contribution in [-0.2, 0) is 0 Å². The summed E-state index contributed by atoms with van der Waals surface area (Å²) >= 11 is 0. The lowest BCUT2D eigenvalue weighted by Crippen LogP contribution is -1.94. The first-order chi connectivity index (χ1) is 7.31. The smallest absolute Gasteiger partial charge is 0.00885 e. The Kier molecular flexibility index (Phi) is 11.3. The first-order valence-electron chi connectivity index (χ1n) is 6.74. The predicted molar refractivity (Wildman–Crippen MR) is 69.8 cm³/mol. The molecular weight excluding hydrogens is 180 g/mol. The van der Waals surface area contributed by atoms with E-state index in [-0.39, 0.29) is 0 Å². The minimum Gasteiger partial charge on any atom is -0.120 e. The highest BCUT2D eigenvalue weighted by Gasteiger charge is 2.00. The van der Waals surface area contributed by atoms with Crippen molar-refractivity contribution >= 4 is 0 Å². The summed E-state index contributed by atoms with van der Waals surface area (Å²) < 4.78 is 0. The monoisotopic (exact) mass is 208 g/mol. The molecule has 0 aliphatic heterocycles. The van der Waals surface area contributed by atoms with Crippen molar-refractivity contribution in [3.63, 3.8) is 0 Å². The molecule has 0 aliphatic carbocycles. The summed E-state index contributed by atoms with van der Waals surface area (Å²) in [6.45, 7) is 4.60. The van der Waals surface area contributed by atoms with Gasteiger partial charge in [-0.3, -0.25) is 0 Å². The van der Waals surface area contributed by atoms with Crippen molar-refractivity contribution in [3.05, 3.63) is 0 Å². The van der Waals surface area contributed by atoms with Crippen LogP contribution < -0.4 is 0 Å². The number of rotatable bonds is 10. The molecule has 0 nitrogen and oxygen atoms in total. The van der Waals surface area contributed by atoms with Crippen molar-refractivity contribution in [2.24, 2.45) is 5.92 Å². The molecule has 0 heteroatoms. The Morgan fingerprint density at radius 3 is 2.13 bits per heavy atom. The van der Waals surface area contributed by atoms with E-state index in [1.54, 1.807) is 0 Å². The molecule has 1 unspecified atom stereocenters. The summed E-state index contributed by atoms with van der Waals surface area (Å²) in [5.41, 5.74) is 0. The van der Waals surface area contributed by atoms with Gasteiger partial charge in [-0.2, -0.15) is 0 Å². The second-order valence-electron chi connectivity index (χ2n) is 4.76. The summed E-state index contributed by atoms with van der Waals surface area (Å²) in [5.74, 6) is 3.55. The minimum absolute atomic E-state index is 0.830. The molecule has 0 bridgehead atoms. The van der Waals surface area contributed by atoms with Gasteiger partial charge in [-0.05, 0) is 12.3 Å². The third kappa shape index (κ3) is 11.5. The van der Waals surface area contributed by atoms with Crippen molar-refractivity contribution in [1.29, 1.82) is 0 Å². The van der Waals surface area contributed by atoms with E-state index in [1.165, 1.54) is 57.8 Å². The van der Waals surface area contributed by atoms with Gasteiger partial charge in [-0.15, -0.1) is 12.3 Å². The van der Waals surface area contributed by atoms with Gasteiger partial charge in [0, 0.05) is 6.42 Å². The Hall–Kier alpha value is -0.440. The third-order valence-corrected chi connectivity index (χ3v) is 3.08. The standard InChI is InChI=1S/C15H28/c1-4-6-8-9-10-11-12-14-15(3)13-7-5-2/h2,15H,4,6-14H2,1,3H3. The topological polar surface area (TPSA) is 0 Å². The molecule has 0 aromatic rings. The highest BCUT2D eigenvalue weighted by atomic mass is 14.1. The summed E-state index contributed by atoms with van der Waals surface area (Å²) in [6, 6.07) is 0. The van der Waals surface area contributed by atoms with Gasteiger partial charge >= 0.3 is 0 Å². The highest BCUT2D eigenvalue weighted by Crippen LogP contribution is 2.15. The van der Waals surface area contributed by atoms with E-state index < -0.39 is 0 Å². The molecule has 0 radical (unpaired) electrons. The Balaban J connectivity index is 3.06. The lowest BCUT2D eigenvalue weighted by atomic mass is 9.98. The molecule has 0 rings (SSSR count). The van der Waals surface area contributed by atoms with Crippen LogP contribution in [0.25, 0.3) is 0 Å². The van der Waals surface area contributed by atoms with E-state index in [0.717, 1.165) is 12.3 Å². The predicted octanol–water partition coefficient (Wildman–Crippen LogP) is 5.18. The molecule has 0 aliphatic rings. The lowest BCUT2D eigenvalue weighted by molar-refractivity contribution is 0.460. The maximum Gasteiger partial charge on any atom is 0.00885 e. The Morgan fingerprint density at radius 1 is 0.933 bits per heavy atom. The molecule has 0 spiro atoms. The van der Waals surface area contributed by atoms with E-state index in [2.05, 4.69) is 19.8 Å². The zero-order valence-corrected chi connectivity index (χ0v) is 10.7. The molecule has 0 saturated heterocycles. The molecule has 0 heterocycles. The van der Waals surface area contributed by atoms with Crippen LogP contribution >= 0.6 is 0 Å². The van der Waals surface area contributed by atoms with Crippen LogP contribution in [0.4, 0.5) is 0 Å². The van der Waals surface area contributed by atoms with Gasteiger partial charge in [-0.1, -0.05) is 65.2 Å². The van der Waals surface area contributed by atoms with Gasteiger partial charge in [0.1, 0.15) is 0 Å². The van der Waals surface area contributed by atoms with E-state index in [9.17, 15) is 0 Å². The summed E-state index contributed by atoms with van der Waals surface area (Å²) in [4.78, 5) is 0. The molecule has 0 amide bonds. The molecule has 15 heavy (non-hydrogen) atoms. The van der Waals surface area contributed by atoms with E-state index in [1.807, 2.05) is 0 Å². The Morgan fingerprint density at radius 2 is 1.53 bits per heavy atom. The summed E-state index contributed by atoms with van der Waals surface area (Å²) in [7, 11) is 0. The van der Waals surface area contributed by atoms with Crippen LogP contribution in [0.3, 0.4) is 0 Å². The van der Waals surface area contributed by atoms with Crippen LogP contribution in [0.5, 0.6) is 0 Å². The fraction of sp³-hybridized carbons (Fsp3) is 0.867. The Labute approximate surface area is 96.8 Å². The van der Waals surface area contributed by atoms with Crippen LogP contribution in [0.1, 0.15) is 78.1 Å². The number of hydrogen-bond acceptors (Lipinski definition) is 0. The fourth-order valence-electron chi connectivity index (χ4n) is 1.92. The average molecular weight is 208 g/mol. The second-order valence-corrected chi connectivity index (χ2v) is 4.76. The van der Waals surface area contributed by atoms with Crippen LogP contribution in [0.15, 0.2) is 0 Å². The molecule has 0 saturated carbocycles. The third-order valence-electron chi connectivity index (χ3n) is 3.08. The first-order valence-corrected chi connectivity index (χ1v) is 6.74. The van der Waals surface area contributed by atoms with Crippen LogP contribution in [0, 0.1) is 18.3 Å². The summed E-state index contributed by atoms with van der Waals surface area (Å²) in [6.07, 6.45) is 18.7. The van der Waals surface area contributed by atoms with Gasteiger partial charge < -0.3 is 0 Å². The summed E-state index contributed by atoms with van der Waals surface area (Å²) in [5, 5.41) is 0. The van der Waals surface area contributed by atoms with Crippen molar-refractivity contribution < 1.29 is 0 Å². The number of hydrogen-bond donors (Lipinski definition) is 0. The van der Waals surface area contributed by atoms with E-state index in [4.69, 9.17) is 6.42 Å². The lowest BCUT2D eigenvalue weighted by Gasteiger charge is -2.08. The van der Waals surface area contributed by atoms with E-state index >= 15 is 0 Å². The molecule has 0 fully saturated rings. The average Bonchev–Trinajstić information content (AvgIpc) is 2.25. The second kappa shape index (κ2) is 11.6. The maximum atomic E-state index is 5.25. The molecule has 0 N–H and O–H groups in total. The normalized spacial score (nSPS) is 12.3. The van der Waals surface area contributed by atoms with Crippen molar-refractivity contribution in [2.75, 3.05) is 0 Å². The largest absolute Gasteiger partial charge is 0.120 e. The first kappa shape index (κ1) is 14.6. The van der Waals surface area contributed by atoms with Crippen molar-refractivity contribution in [3.8, 4) is 12.3 Å². The number of unbranched alkanes of at least 4 members (excludes halogenated alkanes) is 6. The van der Waals surface area contributed by atoms with Gasteiger partial charge in [0.15, 0.2) is 0 Å². The van der Waals surface area contributed by atoms with Gasteiger partial charge in [-0.25, -0.2) is 0 Å². The highest BCUT2D eigenvalue weighted by molar-refractivity contribution is 4.83. The maximum absolute atomic E-state index is 5.25. The van der Waals surface area contributed by atoms with Gasteiger partial charge in [0.25, 0.3) is 0 Å². The van der Waals surface area contributed by atoms with Crippen molar-refractivity contribution in [2.45, 2.75) is 78.1 Å². The van der Waals surface area contributed by atoms with Gasteiger partial charge in [0.05, 0.1) is 0 Å². The van der Waals surface area contributed by atoms with Crippen LogP contribution in [-0.4, -0.2) is 0 Å². The fourth-order valence-corrected chi connectivity index (χ4v) is 1.92. The van der Waals surface area contributed by atoms with Gasteiger partial charge in [0.2, 0.25) is 0 Å². The number of terminal acetylenes is 1. The molecule has 0 aromatic carbocycles. The quantitative estimate of drug-likeness (QED) is 0.343. The van der Waals surface area contributed by atoms with Crippen LogP contribution in [0.2, 0.25) is 0 Å². The zero-order chi connectivity index (χ0) is 11.4. The Bertz CT molecular complexity index is 152. The molecule has 0 aromatic heterocycles.